The first-order valence-corrected chi connectivity index (χ1v) is 9.05. The van der Waals surface area contributed by atoms with Gasteiger partial charge in [0.2, 0.25) is 5.91 Å². The Balaban J connectivity index is 0.00000338. The van der Waals surface area contributed by atoms with Gasteiger partial charge in [-0.2, -0.15) is 0 Å². The molecule has 2 amide bonds. The molecule has 0 atom stereocenters. The zero-order valence-corrected chi connectivity index (χ0v) is 16.8. The van der Waals surface area contributed by atoms with Crippen molar-refractivity contribution in [2.75, 3.05) is 32.5 Å². The molecule has 1 fully saturated rings. The number of halogens is 2. The summed E-state index contributed by atoms with van der Waals surface area (Å²) in [6.07, 6.45) is 3.36. The van der Waals surface area contributed by atoms with Gasteiger partial charge in [-0.3, -0.25) is 9.59 Å². The third kappa shape index (κ3) is 5.42. The summed E-state index contributed by atoms with van der Waals surface area (Å²) in [5, 5.41) is 3.30. The van der Waals surface area contributed by atoms with E-state index in [4.69, 9.17) is 22.1 Å². The van der Waals surface area contributed by atoms with E-state index in [-0.39, 0.29) is 30.1 Å². The van der Waals surface area contributed by atoms with E-state index in [9.17, 15) is 9.59 Å². The highest BCUT2D eigenvalue weighted by Crippen LogP contribution is 2.30. The molecular weight excluding hydrogens is 377 g/mol. The number of benzene rings is 1. The van der Waals surface area contributed by atoms with Gasteiger partial charge >= 0.3 is 0 Å². The van der Waals surface area contributed by atoms with Gasteiger partial charge in [-0.25, -0.2) is 0 Å². The molecule has 146 valence electrons. The fourth-order valence-electron chi connectivity index (χ4n) is 2.95. The highest BCUT2D eigenvalue weighted by molar-refractivity contribution is 6.33. The molecule has 6 nitrogen and oxygen atoms in total. The second-order valence-corrected chi connectivity index (χ2v) is 6.69. The molecule has 8 heteroatoms. The largest absolute Gasteiger partial charge is 0.496 e. The second-order valence-electron chi connectivity index (χ2n) is 6.29. The molecule has 0 bridgehead atoms. The van der Waals surface area contributed by atoms with Gasteiger partial charge in [-0.15, -0.1) is 12.4 Å². The van der Waals surface area contributed by atoms with Crippen LogP contribution in [0, 0.1) is 5.92 Å². The van der Waals surface area contributed by atoms with Crippen LogP contribution in [0.1, 0.15) is 43.0 Å². The van der Waals surface area contributed by atoms with Crippen LogP contribution in [0.25, 0.3) is 0 Å². The lowest BCUT2D eigenvalue weighted by molar-refractivity contribution is -0.126. The van der Waals surface area contributed by atoms with Crippen molar-refractivity contribution in [3.05, 3.63) is 22.7 Å². The van der Waals surface area contributed by atoms with Crippen molar-refractivity contribution in [1.29, 1.82) is 0 Å². The monoisotopic (exact) mass is 403 g/mol. The molecule has 26 heavy (non-hydrogen) atoms. The van der Waals surface area contributed by atoms with E-state index in [1.807, 2.05) is 0 Å². The van der Waals surface area contributed by atoms with Crippen LogP contribution in [0.3, 0.4) is 0 Å². The summed E-state index contributed by atoms with van der Waals surface area (Å²) in [6, 6.07) is 3.10. The van der Waals surface area contributed by atoms with Crippen LogP contribution in [0.5, 0.6) is 5.75 Å². The summed E-state index contributed by atoms with van der Waals surface area (Å²) in [7, 11) is 1.49. The Bertz CT molecular complexity index is 632. The number of piperidine rings is 1. The predicted molar refractivity (Wildman–Crippen MR) is 106 cm³/mol. The summed E-state index contributed by atoms with van der Waals surface area (Å²) < 4.78 is 5.26. The van der Waals surface area contributed by atoms with Crippen molar-refractivity contribution in [2.24, 2.45) is 5.92 Å². The summed E-state index contributed by atoms with van der Waals surface area (Å²) in [6.45, 7) is 3.88. The number of methoxy groups -OCH3 is 1. The lowest BCUT2D eigenvalue weighted by Crippen LogP contribution is -2.43. The van der Waals surface area contributed by atoms with Gasteiger partial charge in [0.05, 0.1) is 23.4 Å². The molecule has 3 N–H and O–H groups in total. The number of anilines is 1. The number of likely N-dealkylation sites (tertiary alicyclic amines) is 1. The van der Waals surface area contributed by atoms with Crippen LogP contribution >= 0.6 is 24.0 Å². The topological polar surface area (TPSA) is 84.7 Å². The SMILES string of the molecule is CCCCNC(=O)C1CCN(C(=O)c2cc(Cl)c(N)cc2OC)CC1.Cl. The van der Waals surface area contributed by atoms with Crippen molar-refractivity contribution >= 4 is 41.5 Å². The summed E-state index contributed by atoms with van der Waals surface area (Å²) in [5.41, 5.74) is 6.53. The average molecular weight is 404 g/mol. The molecule has 1 aromatic rings. The van der Waals surface area contributed by atoms with Gasteiger partial charge < -0.3 is 20.7 Å². The Morgan fingerprint density at radius 3 is 2.58 bits per heavy atom. The number of ether oxygens (including phenoxy) is 1. The Kier molecular flexibility index (Phi) is 9.02. The Labute approximate surface area is 165 Å². The molecule has 0 saturated carbocycles. The zero-order chi connectivity index (χ0) is 18.4. The average Bonchev–Trinajstić information content (AvgIpc) is 2.63. The van der Waals surface area contributed by atoms with Gasteiger partial charge in [0.25, 0.3) is 5.91 Å². The molecule has 1 aliphatic heterocycles. The van der Waals surface area contributed by atoms with Crippen LogP contribution in [0.15, 0.2) is 12.1 Å². The van der Waals surface area contributed by atoms with Gasteiger partial charge in [-0.05, 0) is 25.3 Å². The third-order valence-corrected chi connectivity index (χ3v) is 4.86. The van der Waals surface area contributed by atoms with Crippen molar-refractivity contribution in [3.8, 4) is 5.75 Å². The molecule has 1 heterocycles. The fourth-order valence-corrected chi connectivity index (χ4v) is 3.12. The number of unbranched alkanes of at least 4 members (excludes halogenated alkanes) is 1. The minimum atomic E-state index is -0.149. The van der Waals surface area contributed by atoms with E-state index in [0.717, 1.165) is 19.4 Å². The summed E-state index contributed by atoms with van der Waals surface area (Å²) in [4.78, 5) is 26.6. The van der Waals surface area contributed by atoms with Gasteiger partial charge in [0, 0.05) is 31.6 Å². The van der Waals surface area contributed by atoms with Crippen molar-refractivity contribution < 1.29 is 14.3 Å². The van der Waals surface area contributed by atoms with Crippen LogP contribution < -0.4 is 15.8 Å². The quantitative estimate of drug-likeness (QED) is 0.564. The number of nitrogen functional groups attached to an aromatic ring is 1. The van der Waals surface area contributed by atoms with Crippen LogP contribution in [0.2, 0.25) is 5.02 Å². The van der Waals surface area contributed by atoms with Crippen molar-refractivity contribution in [2.45, 2.75) is 32.6 Å². The number of carbonyl (C=O) groups is 2. The van der Waals surface area contributed by atoms with Crippen LogP contribution in [-0.4, -0.2) is 43.5 Å². The maximum Gasteiger partial charge on any atom is 0.257 e. The number of nitrogens with zero attached hydrogens (tertiary/aromatic N) is 1. The predicted octanol–water partition coefficient (Wildman–Crippen LogP) is 3.12. The van der Waals surface area contributed by atoms with E-state index in [1.54, 1.807) is 17.0 Å². The summed E-state index contributed by atoms with van der Waals surface area (Å²) in [5.74, 6) is 0.321. The van der Waals surface area contributed by atoms with Crippen LogP contribution in [0.4, 0.5) is 5.69 Å². The fraction of sp³-hybridized carbons (Fsp3) is 0.556. The van der Waals surface area contributed by atoms with Gasteiger partial charge in [-0.1, -0.05) is 24.9 Å². The lowest BCUT2D eigenvalue weighted by Gasteiger charge is -2.31. The smallest absolute Gasteiger partial charge is 0.257 e. The number of hydrogen-bond donors (Lipinski definition) is 2. The molecule has 0 spiro atoms. The molecule has 0 unspecified atom stereocenters. The lowest BCUT2D eigenvalue weighted by atomic mass is 9.95. The van der Waals surface area contributed by atoms with Gasteiger partial charge in [0.1, 0.15) is 5.75 Å². The number of rotatable bonds is 6. The van der Waals surface area contributed by atoms with E-state index in [2.05, 4.69) is 12.2 Å². The highest BCUT2D eigenvalue weighted by atomic mass is 35.5. The molecule has 0 aliphatic carbocycles. The van der Waals surface area contributed by atoms with E-state index < -0.39 is 0 Å². The minimum absolute atomic E-state index is 0. The third-order valence-electron chi connectivity index (χ3n) is 4.53. The zero-order valence-electron chi connectivity index (χ0n) is 15.2. The van der Waals surface area contributed by atoms with E-state index >= 15 is 0 Å². The molecule has 1 aliphatic rings. The van der Waals surface area contributed by atoms with Crippen molar-refractivity contribution in [1.82, 2.24) is 10.2 Å². The van der Waals surface area contributed by atoms with E-state index in [1.165, 1.54) is 7.11 Å². The molecule has 0 radical (unpaired) electrons. The molecule has 2 rings (SSSR count). The Morgan fingerprint density at radius 1 is 1.35 bits per heavy atom. The first-order chi connectivity index (χ1) is 12.0. The summed E-state index contributed by atoms with van der Waals surface area (Å²) >= 11 is 6.05. The Hall–Kier alpha value is -1.66. The molecule has 1 saturated heterocycles. The minimum Gasteiger partial charge on any atom is -0.496 e. The Morgan fingerprint density at radius 2 is 2.00 bits per heavy atom. The van der Waals surface area contributed by atoms with Crippen molar-refractivity contribution in [3.63, 3.8) is 0 Å². The molecular formula is C18H27Cl2N3O3. The number of amides is 2. The highest BCUT2D eigenvalue weighted by Gasteiger charge is 2.29. The number of nitrogens with one attached hydrogen (secondary N) is 1. The molecule has 0 aromatic heterocycles. The number of hydrogen-bond acceptors (Lipinski definition) is 4. The first-order valence-electron chi connectivity index (χ1n) is 8.67. The first kappa shape index (κ1) is 22.4. The van der Waals surface area contributed by atoms with Gasteiger partial charge in [0.15, 0.2) is 0 Å². The number of carbonyl (C=O) groups excluding carboxylic acids is 2. The van der Waals surface area contributed by atoms with E-state index in [0.29, 0.717) is 48.0 Å². The standard InChI is InChI=1S/C18H26ClN3O3.ClH/c1-3-4-7-21-17(23)12-5-8-22(9-6-12)18(24)13-10-14(19)15(20)11-16(13)25-2;/h10-12H,3-9,20H2,1-2H3,(H,21,23);1H. The number of nitrogens with two attached hydrogens (primary N) is 1. The normalized spacial score (nSPS) is 14.5. The maximum atomic E-state index is 12.8. The van der Waals surface area contributed by atoms with Crippen LogP contribution in [-0.2, 0) is 4.79 Å². The maximum absolute atomic E-state index is 12.8. The molecule has 1 aromatic carbocycles. The second kappa shape index (κ2) is 10.5.